The highest BCUT2D eigenvalue weighted by atomic mass is 19.4. The lowest BCUT2D eigenvalue weighted by molar-refractivity contribution is -0.952. The SMILES string of the molecule is CO[C@]12CC[C@@]3(C[C@@H]1COCc1ccccc1C)[C@H]1Cc4ccc(O)c5c4[C@@]3(CC[N+]1(C)CC1CC1)[C@H]2O5.O=C([O-])C(F)(F)F. The summed E-state index contributed by atoms with van der Waals surface area (Å²) < 4.78 is 52.9. The fourth-order valence-corrected chi connectivity index (χ4v) is 10.5. The first-order valence-corrected chi connectivity index (χ1v) is 16.1. The van der Waals surface area contributed by atoms with Crippen molar-refractivity contribution in [3.8, 4) is 11.5 Å². The van der Waals surface area contributed by atoms with Crippen LogP contribution < -0.4 is 9.84 Å². The molecule has 2 heterocycles. The molecule has 9 rings (SSSR count). The van der Waals surface area contributed by atoms with Crippen molar-refractivity contribution in [3.63, 3.8) is 0 Å². The van der Waals surface area contributed by atoms with Crippen LogP contribution in [-0.2, 0) is 32.7 Å². The molecular weight excluding hydrogens is 587 g/mol. The van der Waals surface area contributed by atoms with Crippen molar-refractivity contribution >= 4 is 5.97 Å². The number of hydrogen-bond acceptors (Lipinski definition) is 6. The number of nitrogens with zero attached hydrogens (tertiary/aromatic N) is 1. The number of aryl methyl sites for hydroxylation is 1. The molecule has 0 aromatic heterocycles. The lowest BCUT2D eigenvalue weighted by atomic mass is 9.34. The van der Waals surface area contributed by atoms with E-state index in [4.69, 9.17) is 24.1 Å². The zero-order valence-electron chi connectivity index (χ0n) is 26.1. The first-order chi connectivity index (χ1) is 21.3. The third-order valence-corrected chi connectivity index (χ3v) is 12.6. The predicted molar refractivity (Wildman–Crippen MR) is 156 cm³/mol. The van der Waals surface area contributed by atoms with Gasteiger partial charge in [-0.25, -0.2) is 0 Å². The van der Waals surface area contributed by atoms with E-state index in [2.05, 4.69) is 44.3 Å². The maximum atomic E-state index is 11.0. The fourth-order valence-electron chi connectivity index (χ4n) is 10.5. The van der Waals surface area contributed by atoms with Crippen LogP contribution in [0.5, 0.6) is 11.5 Å². The van der Waals surface area contributed by atoms with Gasteiger partial charge in [-0.3, -0.25) is 0 Å². The number of piperidine rings is 1. The lowest BCUT2D eigenvalue weighted by Crippen LogP contribution is -2.83. The number of benzene rings is 2. The van der Waals surface area contributed by atoms with E-state index in [1.54, 1.807) is 0 Å². The van der Waals surface area contributed by atoms with E-state index < -0.39 is 17.7 Å². The predicted octanol–water partition coefficient (Wildman–Crippen LogP) is 4.59. The summed E-state index contributed by atoms with van der Waals surface area (Å²) in [5.41, 5.74) is 5.00. The van der Waals surface area contributed by atoms with Gasteiger partial charge in [0.1, 0.15) is 17.7 Å². The maximum absolute atomic E-state index is 11.0. The summed E-state index contributed by atoms with van der Waals surface area (Å²) in [5.74, 6) is -0.765. The number of carbonyl (C=O) groups excluding carboxylic acids is 1. The molecule has 2 aliphatic heterocycles. The van der Waals surface area contributed by atoms with Crippen molar-refractivity contribution in [1.29, 1.82) is 0 Å². The highest BCUT2D eigenvalue weighted by Crippen LogP contribution is 2.77. The molecule has 5 fully saturated rings. The molecule has 10 heteroatoms. The second-order valence-corrected chi connectivity index (χ2v) is 14.7. The first-order valence-electron chi connectivity index (χ1n) is 16.1. The number of phenolic OH excluding ortho intramolecular Hbond substituents is 1. The Labute approximate surface area is 261 Å². The molecule has 2 aromatic rings. The topological polar surface area (TPSA) is 88.1 Å². The molecule has 0 amide bonds. The fraction of sp³-hybridized carbons (Fsp3) is 0.629. The number of likely N-dealkylation sites (N-methyl/N-ethyl adjacent to an activating group) is 1. The number of aromatic hydroxyl groups is 1. The van der Waals surface area contributed by atoms with Crippen LogP contribution in [0.4, 0.5) is 13.2 Å². The zero-order chi connectivity index (χ0) is 32.0. The number of rotatable bonds is 7. The lowest BCUT2D eigenvalue weighted by Gasteiger charge is -2.74. The van der Waals surface area contributed by atoms with Gasteiger partial charge in [-0.15, -0.1) is 0 Å². The number of aliphatic carboxylic acids is 1. The van der Waals surface area contributed by atoms with Crippen LogP contribution in [0.15, 0.2) is 36.4 Å². The number of carboxylic acids is 1. The molecule has 5 aliphatic carbocycles. The summed E-state index contributed by atoms with van der Waals surface area (Å²) in [6.45, 7) is 6.00. The molecule has 7 nitrogen and oxygen atoms in total. The van der Waals surface area contributed by atoms with Gasteiger partial charge >= 0.3 is 6.18 Å². The summed E-state index contributed by atoms with van der Waals surface area (Å²) in [5, 5.41) is 19.8. The Morgan fingerprint density at radius 2 is 1.89 bits per heavy atom. The smallest absolute Gasteiger partial charge is 0.430 e. The molecule has 1 unspecified atom stereocenters. The van der Waals surface area contributed by atoms with Gasteiger partial charge in [-0.2, -0.15) is 13.2 Å². The highest BCUT2D eigenvalue weighted by Gasteiger charge is 2.83. The molecule has 1 saturated heterocycles. The van der Waals surface area contributed by atoms with E-state index in [1.165, 1.54) is 59.1 Å². The number of halogens is 3. The Hall–Kier alpha value is -2.82. The second kappa shape index (κ2) is 10.3. The van der Waals surface area contributed by atoms with Gasteiger partial charge in [0.25, 0.3) is 0 Å². The number of carbonyl (C=O) groups is 1. The van der Waals surface area contributed by atoms with E-state index in [0.717, 1.165) is 37.4 Å². The number of quaternary nitrogens is 1. The van der Waals surface area contributed by atoms with Gasteiger partial charge < -0.3 is 33.7 Å². The van der Waals surface area contributed by atoms with Gasteiger partial charge in [0.15, 0.2) is 11.5 Å². The van der Waals surface area contributed by atoms with E-state index in [-0.39, 0.29) is 22.9 Å². The average molecular weight is 630 g/mol. The van der Waals surface area contributed by atoms with Crippen LogP contribution in [0, 0.1) is 24.2 Å². The molecule has 2 spiro atoms. The van der Waals surface area contributed by atoms with Crippen LogP contribution in [0.3, 0.4) is 0 Å². The van der Waals surface area contributed by atoms with E-state index in [1.807, 2.05) is 13.2 Å². The molecule has 2 aromatic carbocycles. The molecular formula is C35H42F3NO6. The van der Waals surface area contributed by atoms with Crippen molar-refractivity contribution in [1.82, 2.24) is 0 Å². The van der Waals surface area contributed by atoms with Gasteiger partial charge in [0.05, 0.1) is 44.8 Å². The van der Waals surface area contributed by atoms with Crippen molar-refractivity contribution < 1.29 is 46.9 Å². The Balaban J connectivity index is 0.000000420. The van der Waals surface area contributed by atoms with Crippen LogP contribution in [0.25, 0.3) is 0 Å². The van der Waals surface area contributed by atoms with Crippen molar-refractivity contribution in [2.75, 3.05) is 33.9 Å². The average Bonchev–Trinajstić information content (AvgIpc) is 3.73. The van der Waals surface area contributed by atoms with Gasteiger partial charge in [-0.05, 0) is 61.8 Å². The number of likely N-dealkylation sites (tertiary alicyclic amines) is 1. The van der Waals surface area contributed by atoms with E-state index in [0.29, 0.717) is 25.0 Å². The van der Waals surface area contributed by atoms with Gasteiger partial charge in [-0.1, -0.05) is 30.3 Å². The summed E-state index contributed by atoms with van der Waals surface area (Å²) in [6, 6.07) is 13.2. The minimum absolute atomic E-state index is 0.0610. The minimum atomic E-state index is -5.19. The van der Waals surface area contributed by atoms with Crippen molar-refractivity contribution in [3.05, 3.63) is 58.7 Å². The zero-order valence-corrected chi connectivity index (χ0v) is 26.1. The number of fused-ring (bicyclic) bond motifs is 2. The highest BCUT2D eigenvalue weighted by molar-refractivity contribution is 5.70. The monoisotopic (exact) mass is 629 g/mol. The number of carboxylic acid groups (broad SMARTS) is 1. The molecule has 1 N–H and O–H groups in total. The quantitative estimate of drug-likeness (QED) is 0.452. The second-order valence-electron chi connectivity index (χ2n) is 14.7. The standard InChI is InChI=1S/C33H41NO4.C2HF3O2/c1-21-6-4-5-7-24(21)19-37-20-25-17-31-12-13-33(25,36-3)30-32(31)14-15-34(2,18-22-8-9-22)27(31)16-23-10-11-26(35)29(38-30)28(23)32;3-2(4,5)1(6)7/h4-7,10-11,22,25,27,30H,8-9,12-20H2,1-3H3;(H,6,7)/t25-,27-,30-,31-,32+,33-,34?;/m1./s1. The molecule has 4 saturated carbocycles. The molecule has 45 heavy (non-hydrogen) atoms. The summed E-state index contributed by atoms with van der Waals surface area (Å²) in [4.78, 5) is 8.78. The van der Waals surface area contributed by atoms with Crippen molar-refractivity contribution in [2.45, 2.75) is 87.8 Å². The van der Waals surface area contributed by atoms with Crippen molar-refractivity contribution in [2.24, 2.45) is 17.3 Å². The Morgan fingerprint density at radius 1 is 1.16 bits per heavy atom. The van der Waals surface area contributed by atoms with Crippen LogP contribution in [0.2, 0.25) is 0 Å². The number of ether oxygens (including phenoxy) is 3. The number of alkyl halides is 3. The van der Waals surface area contributed by atoms with Gasteiger partial charge in [0, 0.05) is 42.8 Å². The normalized spacial score (nSPS) is 36.9. The van der Waals surface area contributed by atoms with E-state index >= 15 is 0 Å². The molecule has 0 radical (unpaired) electrons. The van der Waals surface area contributed by atoms with Gasteiger partial charge in [0.2, 0.25) is 0 Å². The number of methoxy groups -OCH3 is 1. The maximum Gasteiger partial charge on any atom is 0.430 e. The summed E-state index contributed by atoms with van der Waals surface area (Å²) in [7, 11) is 4.46. The van der Waals surface area contributed by atoms with Crippen LogP contribution >= 0.6 is 0 Å². The Morgan fingerprint density at radius 3 is 2.56 bits per heavy atom. The van der Waals surface area contributed by atoms with Crippen LogP contribution in [0.1, 0.15) is 60.8 Å². The van der Waals surface area contributed by atoms with E-state index in [9.17, 15) is 18.3 Å². The summed E-state index contributed by atoms with van der Waals surface area (Å²) >= 11 is 0. The molecule has 244 valence electrons. The molecule has 7 atom stereocenters. The first kappa shape index (κ1) is 30.8. The molecule has 4 bridgehead atoms. The molecule has 7 aliphatic rings. The number of hydrogen-bond donors (Lipinski definition) is 1. The number of phenols is 1. The Bertz CT molecular complexity index is 1510. The van der Waals surface area contributed by atoms with Crippen LogP contribution in [-0.4, -0.2) is 73.3 Å². The minimum Gasteiger partial charge on any atom is -0.542 e. The third kappa shape index (κ3) is 4.38. The Kier molecular flexibility index (Phi) is 7.08. The largest absolute Gasteiger partial charge is 0.542 e. The summed E-state index contributed by atoms with van der Waals surface area (Å²) in [6.07, 6.45) is 3.11. The third-order valence-electron chi connectivity index (χ3n) is 12.6.